The van der Waals surface area contributed by atoms with Crippen molar-refractivity contribution in [3.05, 3.63) is 24.3 Å². The lowest BCUT2D eigenvalue weighted by atomic mass is 9.97. The van der Waals surface area contributed by atoms with Gasteiger partial charge in [0.05, 0.1) is 11.9 Å². The van der Waals surface area contributed by atoms with Crippen molar-refractivity contribution in [3.63, 3.8) is 0 Å². The number of likely N-dealkylation sites (N-methyl/N-ethyl adjacent to an activating group) is 1. The Morgan fingerprint density at radius 2 is 2.14 bits per heavy atom. The molecule has 0 bridgehead atoms. The van der Waals surface area contributed by atoms with Crippen molar-refractivity contribution >= 4 is 5.97 Å². The molecule has 0 aliphatic heterocycles. The predicted molar refractivity (Wildman–Crippen MR) is 50.7 cm³/mol. The van der Waals surface area contributed by atoms with Crippen LogP contribution in [0.15, 0.2) is 18.6 Å². The Balaban J connectivity index is 3.20. The highest BCUT2D eigenvalue weighted by atomic mass is 16.4. The smallest absolute Gasteiger partial charge is 0.330 e. The summed E-state index contributed by atoms with van der Waals surface area (Å²) in [6.45, 7) is 1.60. The lowest BCUT2D eigenvalue weighted by Crippen LogP contribution is -2.46. The molecule has 0 saturated carbocycles. The van der Waals surface area contributed by atoms with Crippen LogP contribution in [-0.2, 0) is 10.3 Å². The Labute approximate surface area is 82.4 Å². The Kier molecular flexibility index (Phi) is 2.81. The Morgan fingerprint density at radius 1 is 1.50 bits per heavy atom. The third-order valence-electron chi connectivity index (χ3n) is 2.37. The van der Waals surface area contributed by atoms with Crippen molar-refractivity contribution < 1.29 is 9.90 Å². The van der Waals surface area contributed by atoms with E-state index in [1.807, 2.05) is 0 Å². The lowest BCUT2D eigenvalue weighted by molar-refractivity contribution is -0.149. The van der Waals surface area contributed by atoms with Crippen LogP contribution in [-0.4, -0.2) is 40.0 Å². The van der Waals surface area contributed by atoms with E-state index in [1.165, 1.54) is 18.6 Å². The fraction of sp³-hybridized carbons (Fsp3) is 0.444. The summed E-state index contributed by atoms with van der Waals surface area (Å²) in [7, 11) is 3.39. The van der Waals surface area contributed by atoms with Gasteiger partial charge >= 0.3 is 5.97 Å². The van der Waals surface area contributed by atoms with Crippen LogP contribution >= 0.6 is 0 Å². The maximum Gasteiger partial charge on any atom is 0.330 e. The van der Waals surface area contributed by atoms with Gasteiger partial charge in [0.2, 0.25) is 0 Å². The molecule has 0 fully saturated rings. The van der Waals surface area contributed by atoms with Gasteiger partial charge in [-0.05, 0) is 21.0 Å². The van der Waals surface area contributed by atoms with Gasteiger partial charge in [0.1, 0.15) is 0 Å². The summed E-state index contributed by atoms with van der Waals surface area (Å²) in [5, 5.41) is 9.15. The molecule has 0 aliphatic rings. The summed E-state index contributed by atoms with van der Waals surface area (Å²) < 4.78 is 0. The molecule has 0 aromatic carbocycles. The molecule has 1 N–H and O–H groups in total. The molecule has 1 atom stereocenters. The number of nitrogens with zero attached hydrogens (tertiary/aromatic N) is 3. The van der Waals surface area contributed by atoms with Gasteiger partial charge in [0.15, 0.2) is 5.54 Å². The third kappa shape index (κ3) is 1.58. The Morgan fingerprint density at radius 3 is 2.50 bits per heavy atom. The van der Waals surface area contributed by atoms with Crippen LogP contribution in [0.1, 0.15) is 12.6 Å². The van der Waals surface area contributed by atoms with Gasteiger partial charge < -0.3 is 5.11 Å². The van der Waals surface area contributed by atoms with Gasteiger partial charge in [-0.25, -0.2) is 4.79 Å². The standard InChI is InChI=1S/C9H13N3O2/c1-9(8(13)14,12(2)3)7-6-10-4-5-11-7/h4-6H,1-3H3,(H,13,14). The summed E-state index contributed by atoms with van der Waals surface area (Å²) in [5.74, 6) is -0.942. The number of carboxylic acid groups (broad SMARTS) is 1. The van der Waals surface area contributed by atoms with Crippen molar-refractivity contribution in [3.8, 4) is 0 Å². The molecule has 0 radical (unpaired) electrons. The van der Waals surface area contributed by atoms with E-state index >= 15 is 0 Å². The van der Waals surface area contributed by atoms with Crippen LogP contribution in [0.3, 0.4) is 0 Å². The number of aliphatic carboxylic acids is 1. The van der Waals surface area contributed by atoms with Crippen LogP contribution in [0.2, 0.25) is 0 Å². The van der Waals surface area contributed by atoms with Gasteiger partial charge in [-0.1, -0.05) is 0 Å². The van der Waals surface area contributed by atoms with E-state index in [-0.39, 0.29) is 0 Å². The van der Waals surface area contributed by atoms with Crippen molar-refractivity contribution in [2.45, 2.75) is 12.5 Å². The molecular weight excluding hydrogens is 182 g/mol. The van der Waals surface area contributed by atoms with Gasteiger partial charge in [0, 0.05) is 12.4 Å². The molecule has 0 aliphatic carbocycles. The van der Waals surface area contributed by atoms with Crippen LogP contribution < -0.4 is 0 Å². The van der Waals surface area contributed by atoms with Crippen molar-refractivity contribution in [1.82, 2.24) is 14.9 Å². The molecule has 76 valence electrons. The zero-order chi connectivity index (χ0) is 10.8. The van der Waals surface area contributed by atoms with Crippen molar-refractivity contribution in [2.75, 3.05) is 14.1 Å². The second kappa shape index (κ2) is 3.71. The number of carbonyl (C=O) groups is 1. The molecule has 1 heterocycles. The van der Waals surface area contributed by atoms with E-state index in [4.69, 9.17) is 5.11 Å². The summed E-state index contributed by atoms with van der Waals surface area (Å²) in [6, 6.07) is 0. The zero-order valence-electron chi connectivity index (χ0n) is 8.43. The number of hydrogen-bond acceptors (Lipinski definition) is 4. The Hall–Kier alpha value is -1.49. The van der Waals surface area contributed by atoms with E-state index in [0.29, 0.717) is 5.69 Å². The molecule has 1 aromatic heterocycles. The molecule has 14 heavy (non-hydrogen) atoms. The van der Waals surface area contributed by atoms with Crippen LogP contribution in [0.4, 0.5) is 0 Å². The average molecular weight is 195 g/mol. The largest absolute Gasteiger partial charge is 0.480 e. The monoisotopic (exact) mass is 195 g/mol. The van der Waals surface area contributed by atoms with E-state index in [9.17, 15) is 4.79 Å². The maximum atomic E-state index is 11.2. The molecule has 0 spiro atoms. The molecule has 5 nitrogen and oxygen atoms in total. The SMILES string of the molecule is CN(C)C(C)(C(=O)O)c1cnccn1. The molecule has 1 rings (SSSR count). The lowest BCUT2D eigenvalue weighted by Gasteiger charge is -2.30. The fourth-order valence-corrected chi connectivity index (χ4v) is 1.08. The van der Waals surface area contributed by atoms with E-state index in [2.05, 4.69) is 9.97 Å². The first kappa shape index (κ1) is 10.6. The molecule has 5 heteroatoms. The molecular formula is C9H13N3O2. The maximum absolute atomic E-state index is 11.2. The summed E-state index contributed by atoms with van der Waals surface area (Å²) >= 11 is 0. The van der Waals surface area contributed by atoms with Gasteiger partial charge in [-0.2, -0.15) is 0 Å². The quantitative estimate of drug-likeness (QED) is 0.753. The topological polar surface area (TPSA) is 66.3 Å². The minimum atomic E-state index is -1.13. The third-order valence-corrected chi connectivity index (χ3v) is 2.37. The summed E-state index contributed by atoms with van der Waals surface area (Å²) in [6.07, 6.45) is 4.47. The molecule has 0 amide bonds. The van der Waals surface area contributed by atoms with E-state index in [1.54, 1.807) is 25.9 Å². The minimum Gasteiger partial charge on any atom is -0.480 e. The second-order valence-electron chi connectivity index (χ2n) is 3.36. The first-order chi connectivity index (χ1) is 6.49. The van der Waals surface area contributed by atoms with Gasteiger partial charge in [-0.15, -0.1) is 0 Å². The van der Waals surface area contributed by atoms with E-state index < -0.39 is 11.5 Å². The van der Waals surface area contributed by atoms with Crippen LogP contribution in [0.5, 0.6) is 0 Å². The predicted octanol–water partition coefficient (Wildman–Crippen LogP) is 0.338. The van der Waals surface area contributed by atoms with Crippen molar-refractivity contribution in [1.29, 1.82) is 0 Å². The number of aromatic nitrogens is 2. The van der Waals surface area contributed by atoms with Crippen LogP contribution in [0, 0.1) is 0 Å². The Bertz CT molecular complexity index is 326. The highest BCUT2D eigenvalue weighted by Gasteiger charge is 2.39. The highest BCUT2D eigenvalue weighted by molar-refractivity contribution is 5.79. The molecule has 1 aromatic rings. The molecule has 0 saturated heterocycles. The number of carboxylic acids is 1. The highest BCUT2D eigenvalue weighted by Crippen LogP contribution is 2.23. The first-order valence-corrected chi connectivity index (χ1v) is 4.17. The van der Waals surface area contributed by atoms with Crippen LogP contribution in [0.25, 0.3) is 0 Å². The summed E-state index contributed by atoms with van der Waals surface area (Å²) in [4.78, 5) is 20.6. The number of rotatable bonds is 3. The average Bonchev–Trinajstić information content (AvgIpc) is 2.17. The molecule has 1 unspecified atom stereocenters. The van der Waals surface area contributed by atoms with Crippen molar-refractivity contribution in [2.24, 2.45) is 0 Å². The zero-order valence-corrected chi connectivity index (χ0v) is 8.43. The van der Waals surface area contributed by atoms with Gasteiger partial charge in [0.25, 0.3) is 0 Å². The first-order valence-electron chi connectivity index (χ1n) is 4.17. The van der Waals surface area contributed by atoms with E-state index in [0.717, 1.165) is 0 Å². The summed E-state index contributed by atoms with van der Waals surface area (Å²) in [5.41, 5.74) is -0.702. The van der Waals surface area contributed by atoms with Gasteiger partial charge in [-0.3, -0.25) is 14.9 Å². The number of hydrogen-bond donors (Lipinski definition) is 1. The second-order valence-corrected chi connectivity index (χ2v) is 3.36. The fourth-order valence-electron chi connectivity index (χ4n) is 1.08. The minimum absolute atomic E-state index is 0.428. The normalized spacial score (nSPS) is 15.1.